The van der Waals surface area contributed by atoms with Gasteiger partial charge in [-0.05, 0) is 13.8 Å². The van der Waals surface area contributed by atoms with Crippen LogP contribution in [0.4, 0.5) is 5.69 Å². The van der Waals surface area contributed by atoms with E-state index in [-0.39, 0.29) is 24.0 Å². The number of hydrogen-bond acceptors (Lipinski definition) is 5. The van der Waals surface area contributed by atoms with E-state index in [1.807, 2.05) is 0 Å². The molecule has 0 saturated carbocycles. The second-order valence-corrected chi connectivity index (χ2v) is 6.20. The number of nitrogens with two attached hydrogens (primary N) is 1. The standard InChI is InChI=1S/C10H16N4O5S/c1-7(2)13-6-8(14(16)17)5-9(13)10(15)12-3-4-20(11,18)19/h5-7H,3-4H2,1-2H3,(H,12,15)(H2,11,18,19). The Balaban J connectivity index is 2.89. The van der Waals surface area contributed by atoms with Gasteiger partial charge in [0.15, 0.2) is 0 Å². The third-order valence-electron chi connectivity index (χ3n) is 2.51. The third-order valence-corrected chi connectivity index (χ3v) is 3.28. The van der Waals surface area contributed by atoms with Crippen LogP contribution >= 0.6 is 0 Å². The van der Waals surface area contributed by atoms with Crippen LogP contribution < -0.4 is 10.5 Å². The first-order valence-electron chi connectivity index (χ1n) is 5.76. The van der Waals surface area contributed by atoms with Crippen LogP contribution in [0.25, 0.3) is 0 Å². The number of hydrogen-bond donors (Lipinski definition) is 2. The molecule has 20 heavy (non-hydrogen) atoms. The Morgan fingerprint density at radius 2 is 2.15 bits per heavy atom. The zero-order valence-electron chi connectivity index (χ0n) is 11.1. The zero-order valence-corrected chi connectivity index (χ0v) is 11.9. The molecule has 0 atom stereocenters. The Hall–Kier alpha value is -1.94. The Morgan fingerprint density at radius 3 is 2.60 bits per heavy atom. The summed E-state index contributed by atoms with van der Waals surface area (Å²) in [6, 6.07) is 0.995. The van der Waals surface area contributed by atoms with E-state index in [0.717, 1.165) is 6.07 Å². The molecule has 112 valence electrons. The van der Waals surface area contributed by atoms with Crippen LogP contribution in [0.1, 0.15) is 30.4 Å². The molecule has 3 N–H and O–H groups in total. The number of aromatic nitrogens is 1. The van der Waals surface area contributed by atoms with Crippen LogP contribution in [-0.4, -0.2) is 36.1 Å². The van der Waals surface area contributed by atoms with Crippen molar-refractivity contribution in [1.82, 2.24) is 9.88 Å². The van der Waals surface area contributed by atoms with Gasteiger partial charge in [0.25, 0.3) is 11.6 Å². The van der Waals surface area contributed by atoms with Gasteiger partial charge in [-0.2, -0.15) is 0 Å². The summed E-state index contributed by atoms with van der Waals surface area (Å²) >= 11 is 0. The number of rotatable bonds is 6. The van der Waals surface area contributed by atoms with Gasteiger partial charge in [0.05, 0.1) is 16.9 Å². The summed E-state index contributed by atoms with van der Waals surface area (Å²) in [5.74, 6) is -0.987. The molecular formula is C10H16N4O5S. The van der Waals surface area contributed by atoms with Crippen molar-refractivity contribution in [2.75, 3.05) is 12.3 Å². The Bertz CT molecular complexity index is 620. The van der Waals surface area contributed by atoms with Crippen LogP contribution in [0.5, 0.6) is 0 Å². The van der Waals surface area contributed by atoms with Gasteiger partial charge < -0.3 is 9.88 Å². The average Bonchev–Trinajstić information content (AvgIpc) is 2.71. The van der Waals surface area contributed by atoms with Crippen molar-refractivity contribution in [3.05, 3.63) is 28.1 Å². The van der Waals surface area contributed by atoms with E-state index in [0.29, 0.717) is 0 Å². The van der Waals surface area contributed by atoms with Gasteiger partial charge in [0.1, 0.15) is 5.69 Å². The summed E-state index contributed by atoms with van der Waals surface area (Å²) < 4.78 is 22.9. The maximum absolute atomic E-state index is 11.9. The van der Waals surface area contributed by atoms with Crippen LogP contribution in [0.2, 0.25) is 0 Å². The van der Waals surface area contributed by atoms with E-state index in [2.05, 4.69) is 5.32 Å². The number of carbonyl (C=O) groups is 1. The maximum Gasteiger partial charge on any atom is 0.287 e. The summed E-state index contributed by atoms with van der Waals surface area (Å²) in [5.41, 5.74) is -0.101. The van der Waals surface area contributed by atoms with Crippen molar-refractivity contribution < 1.29 is 18.1 Å². The Morgan fingerprint density at radius 1 is 1.55 bits per heavy atom. The molecule has 0 fully saturated rings. The number of carbonyl (C=O) groups excluding carboxylic acids is 1. The van der Waals surface area contributed by atoms with Crippen molar-refractivity contribution in [1.29, 1.82) is 0 Å². The van der Waals surface area contributed by atoms with E-state index in [1.54, 1.807) is 13.8 Å². The number of amides is 1. The molecule has 0 unspecified atom stereocenters. The molecule has 1 aromatic rings. The molecule has 0 aromatic carbocycles. The molecule has 0 saturated heterocycles. The first-order valence-corrected chi connectivity index (χ1v) is 7.48. The number of primary sulfonamides is 1. The first kappa shape index (κ1) is 16.1. The highest BCUT2D eigenvalue weighted by molar-refractivity contribution is 7.89. The van der Waals surface area contributed by atoms with E-state index < -0.39 is 26.6 Å². The molecule has 0 aliphatic rings. The van der Waals surface area contributed by atoms with E-state index in [4.69, 9.17) is 5.14 Å². The molecule has 1 amide bonds. The fourth-order valence-corrected chi connectivity index (χ4v) is 1.96. The van der Waals surface area contributed by atoms with Crippen molar-refractivity contribution in [2.45, 2.75) is 19.9 Å². The molecule has 10 heteroatoms. The van der Waals surface area contributed by atoms with Crippen molar-refractivity contribution in [3.8, 4) is 0 Å². The lowest BCUT2D eigenvalue weighted by Crippen LogP contribution is -2.32. The summed E-state index contributed by atoms with van der Waals surface area (Å²) in [6.07, 6.45) is 1.26. The van der Waals surface area contributed by atoms with Gasteiger partial charge in [0.2, 0.25) is 10.0 Å². The Labute approximate surface area is 116 Å². The Kier molecular flexibility index (Phi) is 4.84. The van der Waals surface area contributed by atoms with Gasteiger partial charge in [0, 0.05) is 18.7 Å². The van der Waals surface area contributed by atoms with Crippen LogP contribution in [0.3, 0.4) is 0 Å². The summed E-state index contributed by atoms with van der Waals surface area (Å²) in [7, 11) is -3.67. The second-order valence-electron chi connectivity index (χ2n) is 4.46. The average molecular weight is 304 g/mol. The van der Waals surface area contributed by atoms with Crippen LogP contribution in [0, 0.1) is 10.1 Å². The molecule has 0 aliphatic heterocycles. The van der Waals surface area contributed by atoms with Crippen LogP contribution in [-0.2, 0) is 10.0 Å². The second kappa shape index (κ2) is 6.01. The number of nitrogens with zero attached hydrogens (tertiary/aromatic N) is 2. The largest absolute Gasteiger partial charge is 0.350 e. The summed E-state index contributed by atoms with van der Waals surface area (Å²) in [4.78, 5) is 22.0. The molecule has 1 aromatic heterocycles. The minimum atomic E-state index is -3.67. The number of nitro groups is 1. The quantitative estimate of drug-likeness (QED) is 0.562. The topological polar surface area (TPSA) is 137 Å². The van der Waals surface area contributed by atoms with E-state index in [9.17, 15) is 23.3 Å². The van der Waals surface area contributed by atoms with Crippen LogP contribution in [0.15, 0.2) is 12.3 Å². The first-order chi connectivity index (χ1) is 9.11. The highest BCUT2D eigenvalue weighted by atomic mass is 32.2. The lowest BCUT2D eigenvalue weighted by Gasteiger charge is -2.11. The summed E-state index contributed by atoms with van der Waals surface area (Å²) in [6.45, 7) is 3.38. The molecule has 9 nitrogen and oxygen atoms in total. The van der Waals surface area contributed by atoms with Gasteiger partial charge in [-0.1, -0.05) is 0 Å². The molecule has 1 rings (SSSR count). The highest BCUT2D eigenvalue weighted by Gasteiger charge is 2.20. The molecule has 0 spiro atoms. The lowest BCUT2D eigenvalue weighted by molar-refractivity contribution is -0.384. The smallest absolute Gasteiger partial charge is 0.287 e. The van der Waals surface area contributed by atoms with Crippen molar-refractivity contribution in [3.63, 3.8) is 0 Å². The summed E-state index contributed by atoms with van der Waals surface area (Å²) in [5, 5.41) is 17.9. The molecule has 1 heterocycles. The molecule has 0 bridgehead atoms. The monoisotopic (exact) mass is 304 g/mol. The lowest BCUT2D eigenvalue weighted by atomic mass is 10.3. The number of sulfonamides is 1. The maximum atomic E-state index is 11.9. The SMILES string of the molecule is CC(C)n1cc([N+](=O)[O-])cc1C(=O)NCCS(N)(=O)=O. The normalized spacial score (nSPS) is 11.6. The third kappa shape index (κ3) is 4.31. The molecule has 0 aliphatic carbocycles. The predicted molar refractivity (Wildman–Crippen MR) is 71.8 cm³/mol. The number of nitrogens with one attached hydrogen (secondary N) is 1. The van der Waals surface area contributed by atoms with Gasteiger partial charge in [-0.25, -0.2) is 13.6 Å². The molecular weight excluding hydrogens is 288 g/mol. The molecule has 0 radical (unpaired) electrons. The van der Waals surface area contributed by atoms with Crippen molar-refractivity contribution in [2.24, 2.45) is 5.14 Å². The fraction of sp³-hybridized carbons (Fsp3) is 0.500. The van der Waals surface area contributed by atoms with Gasteiger partial charge in [-0.15, -0.1) is 0 Å². The van der Waals surface area contributed by atoms with Crippen molar-refractivity contribution >= 4 is 21.6 Å². The van der Waals surface area contributed by atoms with Gasteiger partial charge in [-0.3, -0.25) is 14.9 Å². The predicted octanol–water partition coefficient (Wildman–Crippen LogP) is -0.00450. The van der Waals surface area contributed by atoms with E-state index in [1.165, 1.54) is 10.8 Å². The minimum absolute atomic E-state index is 0.0983. The van der Waals surface area contributed by atoms with Gasteiger partial charge >= 0.3 is 0 Å². The van der Waals surface area contributed by atoms with E-state index >= 15 is 0 Å². The minimum Gasteiger partial charge on any atom is -0.350 e. The fourth-order valence-electron chi connectivity index (χ4n) is 1.57. The zero-order chi connectivity index (χ0) is 15.5. The highest BCUT2D eigenvalue weighted by Crippen LogP contribution is 2.20.